The topological polar surface area (TPSA) is 92.2 Å². The number of nitrogens with zero attached hydrogens (tertiary/aromatic N) is 2. The summed E-state index contributed by atoms with van der Waals surface area (Å²) in [4.78, 5) is 30.6. The summed E-state index contributed by atoms with van der Waals surface area (Å²) in [6, 6.07) is 3.42. The Labute approximate surface area is 119 Å². The summed E-state index contributed by atoms with van der Waals surface area (Å²) in [5.41, 5.74) is 1.25. The Hall–Kier alpha value is -2.28. The summed E-state index contributed by atoms with van der Waals surface area (Å²) >= 11 is 1.27. The second-order valence-corrected chi connectivity index (χ2v) is 5.02. The molecule has 0 bridgehead atoms. The first kappa shape index (κ1) is 14.1. The van der Waals surface area contributed by atoms with Crippen LogP contribution in [0.5, 0.6) is 0 Å². The SMILES string of the molecule is Cc1ncccc1C(=O)NCCc1nc(C(=O)O)cs1. The molecule has 0 atom stereocenters. The van der Waals surface area contributed by atoms with Gasteiger partial charge < -0.3 is 10.4 Å². The van der Waals surface area contributed by atoms with E-state index in [2.05, 4.69) is 15.3 Å². The number of hydrogen-bond acceptors (Lipinski definition) is 5. The van der Waals surface area contributed by atoms with Crippen molar-refractivity contribution in [2.75, 3.05) is 6.54 Å². The number of pyridine rings is 1. The van der Waals surface area contributed by atoms with E-state index in [0.717, 1.165) is 0 Å². The summed E-state index contributed by atoms with van der Waals surface area (Å²) in [5, 5.41) is 13.7. The minimum absolute atomic E-state index is 0.0411. The van der Waals surface area contributed by atoms with Gasteiger partial charge in [0, 0.05) is 30.2 Å². The lowest BCUT2D eigenvalue weighted by molar-refractivity contribution is 0.0690. The van der Waals surface area contributed by atoms with Gasteiger partial charge in [-0.25, -0.2) is 9.78 Å². The first-order valence-electron chi connectivity index (χ1n) is 5.95. The smallest absolute Gasteiger partial charge is 0.355 e. The molecule has 0 aromatic carbocycles. The highest BCUT2D eigenvalue weighted by Gasteiger charge is 2.10. The summed E-state index contributed by atoms with van der Waals surface area (Å²) in [6.45, 7) is 2.18. The van der Waals surface area contributed by atoms with Gasteiger partial charge in [-0.1, -0.05) is 0 Å². The van der Waals surface area contributed by atoms with Crippen LogP contribution in [-0.4, -0.2) is 33.5 Å². The molecule has 0 fully saturated rings. The maximum atomic E-state index is 11.9. The van der Waals surface area contributed by atoms with E-state index in [-0.39, 0.29) is 11.6 Å². The van der Waals surface area contributed by atoms with Gasteiger partial charge in [0.15, 0.2) is 5.69 Å². The number of thiazole rings is 1. The third-order valence-electron chi connectivity index (χ3n) is 2.65. The Morgan fingerprint density at radius 1 is 1.45 bits per heavy atom. The number of carbonyl (C=O) groups is 2. The Kier molecular flexibility index (Phi) is 4.41. The van der Waals surface area contributed by atoms with Crippen molar-refractivity contribution in [2.45, 2.75) is 13.3 Å². The molecule has 104 valence electrons. The number of aromatic carboxylic acids is 1. The lowest BCUT2D eigenvalue weighted by Gasteiger charge is -2.05. The van der Waals surface area contributed by atoms with Crippen molar-refractivity contribution in [2.24, 2.45) is 0 Å². The molecule has 0 radical (unpaired) electrons. The van der Waals surface area contributed by atoms with Crippen molar-refractivity contribution in [3.63, 3.8) is 0 Å². The van der Waals surface area contributed by atoms with Gasteiger partial charge in [-0.3, -0.25) is 9.78 Å². The Morgan fingerprint density at radius 2 is 2.25 bits per heavy atom. The zero-order chi connectivity index (χ0) is 14.5. The molecule has 0 saturated heterocycles. The van der Waals surface area contributed by atoms with Crippen molar-refractivity contribution in [3.05, 3.63) is 45.7 Å². The van der Waals surface area contributed by atoms with Crippen LogP contribution in [0.4, 0.5) is 0 Å². The highest BCUT2D eigenvalue weighted by molar-refractivity contribution is 7.09. The molecule has 2 aromatic rings. The molecule has 1 amide bonds. The highest BCUT2D eigenvalue weighted by Crippen LogP contribution is 2.10. The zero-order valence-electron chi connectivity index (χ0n) is 10.8. The molecule has 0 spiro atoms. The normalized spacial score (nSPS) is 10.2. The summed E-state index contributed by atoms with van der Waals surface area (Å²) < 4.78 is 0. The van der Waals surface area contributed by atoms with Crippen LogP contribution in [0.2, 0.25) is 0 Å². The zero-order valence-corrected chi connectivity index (χ0v) is 11.6. The van der Waals surface area contributed by atoms with E-state index in [1.165, 1.54) is 16.7 Å². The van der Waals surface area contributed by atoms with Gasteiger partial charge in [-0.2, -0.15) is 0 Å². The molecule has 2 N–H and O–H groups in total. The molecular weight excluding hydrogens is 278 g/mol. The van der Waals surface area contributed by atoms with Gasteiger partial charge >= 0.3 is 5.97 Å². The van der Waals surface area contributed by atoms with E-state index in [1.54, 1.807) is 25.3 Å². The molecule has 20 heavy (non-hydrogen) atoms. The van der Waals surface area contributed by atoms with Gasteiger partial charge in [0.1, 0.15) is 0 Å². The average Bonchev–Trinajstić information content (AvgIpc) is 2.88. The number of aryl methyl sites for hydroxylation is 1. The molecule has 2 rings (SSSR count). The number of nitrogens with one attached hydrogen (secondary N) is 1. The number of hydrogen-bond donors (Lipinski definition) is 2. The maximum Gasteiger partial charge on any atom is 0.355 e. The van der Waals surface area contributed by atoms with Gasteiger partial charge in [-0.05, 0) is 19.1 Å². The summed E-state index contributed by atoms with van der Waals surface area (Å²) in [5.74, 6) is -1.23. The molecule has 0 aliphatic rings. The molecule has 2 heterocycles. The average molecular weight is 291 g/mol. The minimum Gasteiger partial charge on any atom is -0.476 e. The monoisotopic (exact) mass is 291 g/mol. The van der Waals surface area contributed by atoms with Gasteiger partial charge in [0.2, 0.25) is 0 Å². The van der Waals surface area contributed by atoms with Gasteiger partial charge in [-0.15, -0.1) is 11.3 Å². The second-order valence-electron chi connectivity index (χ2n) is 4.07. The van der Waals surface area contributed by atoms with Crippen LogP contribution in [0.25, 0.3) is 0 Å². The predicted molar refractivity (Wildman–Crippen MR) is 74.1 cm³/mol. The van der Waals surface area contributed by atoms with E-state index in [9.17, 15) is 9.59 Å². The molecule has 0 unspecified atom stereocenters. The number of carboxylic acids is 1. The molecular formula is C13H13N3O3S. The van der Waals surface area contributed by atoms with E-state index < -0.39 is 5.97 Å². The number of aromatic nitrogens is 2. The van der Waals surface area contributed by atoms with E-state index >= 15 is 0 Å². The highest BCUT2D eigenvalue weighted by atomic mass is 32.1. The molecule has 0 saturated carbocycles. The largest absolute Gasteiger partial charge is 0.476 e. The molecule has 7 heteroatoms. The lowest BCUT2D eigenvalue weighted by atomic mass is 10.2. The Balaban J connectivity index is 1.88. The standard InChI is InChI=1S/C13H13N3O3S/c1-8-9(3-2-5-14-8)12(17)15-6-4-11-16-10(7-20-11)13(18)19/h2-3,5,7H,4,6H2,1H3,(H,15,17)(H,18,19). The summed E-state index contributed by atoms with van der Waals surface area (Å²) in [7, 11) is 0. The Morgan fingerprint density at radius 3 is 2.90 bits per heavy atom. The fourth-order valence-electron chi connectivity index (χ4n) is 1.63. The van der Waals surface area contributed by atoms with Crippen molar-refractivity contribution in [1.82, 2.24) is 15.3 Å². The van der Waals surface area contributed by atoms with Crippen LogP contribution in [0.15, 0.2) is 23.7 Å². The first-order valence-corrected chi connectivity index (χ1v) is 6.83. The number of carbonyl (C=O) groups excluding carboxylic acids is 1. The summed E-state index contributed by atoms with van der Waals surface area (Å²) in [6.07, 6.45) is 2.14. The third-order valence-corrected chi connectivity index (χ3v) is 3.56. The second kappa shape index (κ2) is 6.25. The lowest BCUT2D eigenvalue weighted by Crippen LogP contribution is -2.26. The van der Waals surface area contributed by atoms with Crippen LogP contribution in [-0.2, 0) is 6.42 Å². The van der Waals surface area contributed by atoms with Crippen LogP contribution in [0.1, 0.15) is 31.5 Å². The van der Waals surface area contributed by atoms with E-state index in [4.69, 9.17) is 5.11 Å². The van der Waals surface area contributed by atoms with Crippen LogP contribution < -0.4 is 5.32 Å². The first-order chi connectivity index (χ1) is 9.58. The van der Waals surface area contributed by atoms with E-state index in [0.29, 0.717) is 29.2 Å². The van der Waals surface area contributed by atoms with Gasteiger partial charge in [0.25, 0.3) is 5.91 Å². The number of rotatable bonds is 5. The van der Waals surface area contributed by atoms with Crippen molar-refractivity contribution in [3.8, 4) is 0 Å². The molecule has 0 aliphatic carbocycles. The van der Waals surface area contributed by atoms with Crippen LogP contribution in [0.3, 0.4) is 0 Å². The third kappa shape index (κ3) is 3.39. The molecule has 2 aromatic heterocycles. The van der Waals surface area contributed by atoms with Crippen molar-refractivity contribution < 1.29 is 14.7 Å². The van der Waals surface area contributed by atoms with E-state index in [1.807, 2.05) is 0 Å². The fourth-order valence-corrected chi connectivity index (χ4v) is 2.40. The fraction of sp³-hybridized carbons (Fsp3) is 0.231. The Bertz CT molecular complexity index is 639. The number of carboxylic acid groups (broad SMARTS) is 1. The molecule has 0 aliphatic heterocycles. The maximum absolute atomic E-state index is 11.9. The van der Waals surface area contributed by atoms with Gasteiger partial charge in [0.05, 0.1) is 10.6 Å². The molecule has 6 nitrogen and oxygen atoms in total. The minimum atomic E-state index is -1.04. The van der Waals surface area contributed by atoms with Crippen molar-refractivity contribution in [1.29, 1.82) is 0 Å². The van der Waals surface area contributed by atoms with Crippen LogP contribution >= 0.6 is 11.3 Å². The van der Waals surface area contributed by atoms with Crippen molar-refractivity contribution >= 4 is 23.2 Å². The van der Waals surface area contributed by atoms with Crippen LogP contribution in [0, 0.1) is 6.92 Å². The quantitative estimate of drug-likeness (QED) is 0.871. The number of amides is 1. The predicted octanol–water partition coefficient (Wildman–Crippen LogP) is 1.52.